The van der Waals surface area contributed by atoms with Crippen molar-refractivity contribution in [2.45, 2.75) is 25.7 Å². The van der Waals surface area contributed by atoms with Crippen LogP contribution in [0, 0.1) is 6.92 Å². The van der Waals surface area contributed by atoms with E-state index in [2.05, 4.69) is 44.3 Å². The van der Waals surface area contributed by atoms with Gasteiger partial charge in [-0.05, 0) is 12.5 Å². The lowest BCUT2D eigenvalue weighted by atomic mass is 10.1. The standard InChI is InChI=1S/C16H20OSi/c1-13-8-7-9-14(12-13)16(17)18(2,3)15-10-5-4-6-11-15/h4-12,16-17H,1-3H3/t16-/m0/s1. The molecule has 0 saturated carbocycles. The van der Waals surface area contributed by atoms with E-state index in [1.807, 2.05) is 30.3 Å². The summed E-state index contributed by atoms with van der Waals surface area (Å²) in [6.07, 6.45) is 0. The molecule has 0 radical (unpaired) electrons. The van der Waals surface area contributed by atoms with Gasteiger partial charge in [0.2, 0.25) is 0 Å². The van der Waals surface area contributed by atoms with Crippen LogP contribution in [0.2, 0.25) is 13.1 Å². The fraction of sp³-hybridized carbons (Fsp3) is 0.250. The Morgan fingerprint density at radius 3 is 2.22 bits per heavy atom. The summed E-state index contributed by atoms with van der Waals surface area (Å²) in [5, 5.41) is 12.0. The summed E-state index contributed by atoms with van der Waals surface area (Å²) in [7, 11) is -1.89. The molecule has 0 saturated heterocycles. The highest BCUT2D eigenvalue weighted by molar-refractivity contribution is 6.90. The van der Waals surface area contributed by atoms with Crippen LogP contribution in [0.3, 0.4) is 0 Å². The van der Waals surface area contributed by atoms with Crippen LogP contribution in [-0.2, 0) is 0 Å². The topological polar surface area (TPSA) is 20.2 Å². The number of aryl methyl sites for hydroxylation is 1. The van der Waals surface area contributed by atoms with Gasteiger partial charge >= 0.3 is 0 Å². The highest BCUT2D eigenvalue weighted by Gasteiger charge is 2.33. The molecule has 0 aliphatic rings. The molecule has 1 N–H and O–H groups in total. The zero-order valence-corrected chi connectivity index (χ0v) is 12.2. The van der Waals surface area contributed by atoms with Gasteiger partial charge in [0.15, 0.2) is 0 Å². The van der Waals surface area contributed by atoms with Gasteiger partial charge in [0, 0.05) is 0 Å². The van der Waals surface area contributed by atoms with E-state index in [-0.39, 0.29) is 5.73 Å². The molecule has 0 amide bonds. The maximum Gasteiger partial charge on any atom is 0.118 e. The van der Waals surface area contributed by atoms with Crippen molar-refractivity contribution in [2.75, 3.05) is 0 Å². The second-order valence-corrected chi connectivity index (χ2v) is 9.97. The first-order valence-corrected chi connectivity index (χ1v) is 9.39. The molecule has 1 nitrogen and oxygen atoms in total. The van der Waals surface area contributed by atoms with Crippen molar-refractivity contribution in [1.82, 2.24) is 0 Å². The average Bonchev–Trinajstić information content (AvgIpc) is 2.39. The van der Waals surface area contributed by atoms with E-state index in [0.717, 1.165) is 5.56 Å². The number of aliphatic hydroxyl groups is 1. The summed E-state index contributed by atoms with van der Waals surface area (Å²) in [6.45, 7) is 6.50. The van der Waals surface area contributed by atoms with E-state index in [4.69, 9.17) is 0 Å². The second-order valence-electron chi connectivity index (χ2n) is 5.40. The fourth-order valence-electron chi connectivity index (χ4n) is 2.28. The number of hydrogen-bond donors (Lipinski definition) is 1. The third-order valence-corrected chi connectivity index (χ3v) is 7.08. The number of hydrogen-bond acceptors (Lipinski definition) is 1. The van der Waals surface area contributed by atoms with Gasteiger partial charge in [0.1, 0.15) is 8.07 Å². The predicted molar refractivity (Wildman–Crippen MR) is 79.7 cm³/mol. The van der Waals surface area contributed by atoms with Crippen molar-refractivity contribution in [1.29, 1.82) is 0 Å². The molecule has 0 unspecified atom stereocenters. The highest BCUT2D eigenvalue weighted by atomic mass is 28.3. The molecule has 0 fully saturated rings. The zero-order chi connectivity index (χ0) is 13.2. The van der Waals surface area contributed by atoms with E-state index in [1.165, 1.54) is 10.8 Å². The Labute approximate surface area is 110 Å². The minimum atomic E-state index is -1.89. The molecule has 0 spiro atoms. The maximum atomic E-state index is 10.7. The summed E-state index contributed by atoms with van der Waals surface area (Å²) in [6, 6.07) is 18.6. The van der Waals surface area contributed by atoms with E-state index in [0.29, 0.717) is 0 Å². The zero-order valence-electron chi connectivity index (χ0n) is 11.2. The smallest absolute Gasteiger partial charge is 0.118 e. The molecule has 0 aromatic heterocycles. The molecule has 2 aromatic rings. The Hall–Kier alpha value is -1.38. The Kier molecular flexibility index (Phi) is 3.69. The number of aliphatic hydroxyl groups excluding tert-OH is 1. The van der Waals surface area contributed by atoms with Crippen LogP contribution in [0.5, 0.6) is 0 Å². The van der Waals surface area contributed by atoms with Gasteiger partial charge in [0.05, 0.1) is 5.73 Å². The SMILES string of the molecule is Cc1cccc([C@@H](O)[Si](C)(C)c2ccccc2)c1. The number of benzene rings is 2. The lowest BCUT2D eigenvalue weighted by Crippen LogP contribution is -2.47. The lowest BCUT2D eigenvalue weighted by molar-refractivity contribution is 0.251. The Balaban J connectivity index is 2.36. The van der Waals surface area contributed by atoms with Crippen LogP contribution in [0.1, 0.15) is 16.9 Å². The van der Waals surface area contributed by atoms with Gasteiger partial charge in [-0.15, -0.1) is 0 Å². The van der Waals surface area contributed by atoms with Gasteiger partial charge in [-0.2, -0.15) is 0 Å². The first-order chi connectivity index (χ1) is 8.51. The Morgan fingerprint density at radius 2 is 1.61 bits per heavy atom. The first kappa shape index (κ1) is 13.1. The predicted octanol–water partition coefficient (Wildman–Crippen LogP) is 3.18. The van der Waals surface area contributed by atoms with Crippen LogP contribution in [0.25, 0.3) is 0 Å². The van der Waals surface area contributed by atoms with Crippen molar-refractivity contribution < 1.29 is 5.11 Å². The highest BCUT2D eigenvalue weighted by Crippen LogP contribution is 2.24. The Morgan fingerprint density at radius 1 is 0.944 bits per heavy atom. The normalized spacial score (nSPS) is 13.3. The largest absolute Gasteiger partial charge is 0.392 e. The van der Waals surface area contributed by atoms with Gasteiger partial charge < -0.3 is 5.11 Å². The third kappa shape index (κ3) is 2.55. The van der Waals surface area contributed by atoms with Gasteiger partial charge in [0.25, 0.3) is 0 Å². The molecule has 0 heterocycles. The summed E-state index contributed by atoms with van der Waals surface area (Å²) in [5.74, 6) is 0. The third-order valence-electron chi connectivity index (χ3n) is 3.56. The molecule has 2 heteroatoms. The maximum absolute atomic E-state index is 10.7. The minimum absolute atomic E-state index is 0.361. The van der Waals surface area contributed by atoms with E-state index < -0.39 is 8.07 Å². The van der Waals surface area contributed by atoms with E-state index in [9.17, 15) is 5.11 Å². The lowest BCUT2D eigenvalue weighted by Gasteiger charge is -2.29. The van der Waals surface area contributed by atoms with Crippen molar-refractivity contribution >= 4 is 13.3 Å². The molecule has 18 heavy (non-hydrogen) atoms. The summed E-state index contributed by atoms with van der Waals surface area (Å²) < 4.78 is 0. The van der Waals surface area contributed by atoms with Gasteiger partial charge in [-0.3, -0.25) is 0 Å². The average molecular weight is 256 g/mol. The summed E-state index contributed by atoms with van der Waals surface area (Å²) in [5.41, 5.74) is 1.87. The summed E-state index contributed by atoms with van der Waals surface area (Å²) in [4.78, 5) is 0. The molecule has 0 aliphatic carbocycles. The molecule has 0 aliphatic heterocycles. The van der Waals surface area contributed by atoms with Gasteiger partial charge in [-0.1, -0.05) is 78.4 Å². The van der Waals surface area contributed by atoms with Crippen LogP contribution in [0.15, 0.2) is 54.6 Å². The molecule has 1 atom stereocenters. The first-order valence-electron chi connectivity index (χ1n) is 6.32. The van der Waals surface area contributed by atoms with Crippen molar-refractivity contribution in [3.63, 3.8) is 0 Å². The van der Waals surface area contributed by atoms with Crippen LogP contribution in [0.4, 0.5) is 0 Å². The van der Waals surface area contributed by atoms with E-state index in [1.54, 1.807) is 0 Å². The van der Waals surface area contributed by atoms with Crippen molar-refractivity contribution in [3.8, 4) is 0 Å². The summed E-state index contributed by atoms with van der Waals surface area (Å²) >= 11 is 0. The van der Waals surface area contributed by atoms with Crippen LogP contribution in [-0.4, -0.2) is 13.2 Å². The van der Waals surface area contributed by atoms with Crippen molar-refractivity contribution in [2.24, 2.45) is 0 Å². The van der Waals surface area contributed by atoms with Crippen LogP contribution < -0.4 is 5.19 Å². The van der Waals surface area contributed by atoms with Gasteiger partial charge in [-0.25, -0.2) is 0 Å². The molecule has 2 aromatic carbocycles. The monoisotopic (exact) mass is 256 g/mol. The second kappa shape index (κ2) is 5.08. The molecule has 94 valence electrons. The number of rotatable bonds is 3. The quantitative estimate of drug-likeness (QED) is 0.836. The van der Waals surface area contributed by atoms with E-state index >= 15 is 0 Å². The minimum Gasteiger partial charge on any atom is -0.392 e. The molecule has 2 rings (SSSR count). The van der Waals surface area contributed by atoms with Crippen molar-refractivity contribution in [3.05, 3.63) is 65.7 Å². The Bertz CT molecular complexity index is 520. The fourth-order valence-corrected chi connectivity index (χ4v) is 4.66. The van der Waals surface area contributed by atoms with Crippen LogP contribution >= 0.6 is 0 Å². The molecular weight excluding hydrogens is 236 g/mol. The molecular formula is C16H20OSi. The molecule has 0 bridgehead atoms.